The van der Waals surface area contributed by atoms with E-state index in [1.54, 1.807) is 0 Å². The van der Waals surface area contributed by atoms with Crippen LogP contribution in [0.5, 0.6) is 0 Å². The molecule has 6 nitrogen and oxygen atoms in total. The maximum atomic E-state index is 2.47. The Balaban J connectivity index is 0.000000101. The summed E-state index contributed by atoms with van der Waals surface area (Å²) in [5.74, 6) is 0. The van der Waals surface area contributed by atoms with Gasteiger partial charge in [-0.2, -0.15) is 0 Å². The SMILES string of the molecule is c1cc(-c2ccccc2-n2c3ccccc3c3cc4sc5ccccc5c4cc32)cc(-n2c3ccccc3c3ccccc32)c1.c1cc(-c2ccccc2-n2c3ccccc3c3ccccc32)cc(-n2c3ccccc3c3c4sc5ccccc5c4ccc32)c1.c1cc(-c2ccccc2-n2c3ccccc3c3ccccc32)cc(-n2c3ccccc3c3cc4sc5ccccc5c4cc32)c1. The second-order valence-electron chi connectivity index (χ2n) is 35.2. The van der Waals surface area contributed by atoms with Crippen LogP contribution in [-0.2, 0) is 0 Å². The summed E-state index contributed by atoms with van der Waals surface area (Å²) < 4.78 is 22.6. The Morgan fingerprint density at radius 2 is 0.393 bits per heavy atom. The van der Waals surface area contributed by atoms with E-state index in [9.17, 15) is 0 Å². The summed E-state index contributed by atoms with van der Waals surface area (Å²) in [6.45, 7) is 0. The van der Waals surface area contributed by atoms with E-state index in [1.165, 1.54) is 242 Å². The summed E-state index contributed by atoms with van der Waals surface area (Å²) in [5.41, 5.74) is 28.9. The van der Waals surface area contributed by atoms with Crippen molar-refractivity contribution >= 4 is 225 Å². The molecule has 0 spiro atoms. The smallest absolute Gasteiger partial charge is 0.0555 e. The highest BCUT2D eigenvalue weighted by molar-refractivity contribution is 7.27. The number of nitrogens with zero attached hydrogens (tertiary/aromatic N) is 6. The summed E-state index contributed by atoms with van der Waals surface area (Å²) in [6.07, 6.45) is 0. The van der Waals surface area contributed by atoms with Gasteiger partial charge in [0.1, 0.15) is 0 Å². The highest BCUT2D eigenvalue weighted by atomic mass is 32.1. The predicted octanol–water partition coefficient (Wildman–Crippen LogP) is 35.7. The van der Waals surface area contributed by atoms with Gasteiger partial charge in [-0.25, -0.2) is 0 Å². The monoisotopic (exact) mass is 1770 g/mol. The third-order valence-corrected chi connectivity index (χ3v) is 31.4. The first-order valence-electron chi connectivity index (χ1n) is 46.1. The lowest BCUT2D eigenvalue weighted by molar-refractivity contribution is 1.17. The number of para-hydroxylation sites is 12. The molecule has 9 heterocycles. The maximum absolute atomic E-state index is 2.47. The summed E-state index contributed by atoms with van der Waals surface area (Å²) >= 11 is 5.66. The minimum Gasteiger partial charge on any atom is -0.309 e. The van der Waals surface area contributed by atoms with E-state index in [-0.39, 0.29) is 0 Å². The molecule has 135 heavy (non-hydrogen) atoms. The predicted molar refractivity (Wildman–Crippen MR) is 580 cm³/mol. The van der Waals surface area contributed by atoms with Gasteiger partial charge in [-0.05, 0) is 174 Å². The molecule has 0 amide bonds. The first-order chi connectivity index (χ1) is 67.0. The average molecular weight is 1770 g/mol. The van der Waals surface area contributed by atoms with Gasteiger partial charge in [0.25, 0.3) is 0 Å². The van der Waals surface area contributed by atoms with Crippen LogP contribution in [0.4, 0.5) is 0 Å². The number of benzene rings is 21. The van der Waals surface area contributed by atoms with Crippen LogP contribution in [0.2, 0.25) is 0 Å². The first kappa shape index (κ1) is 76.9. The molecule has 630 valence electrons. The standard InChI is InChI=1S/3C42H26N2S/c1-6-19-36(44-38-21-8-2-15-30(38)31-16-3-9-22-39(31)44)29(14-1)27-12-11-13-28(24-27)43-37-20-7-4-17-32(37)34-26-42-35(25-40(34)43)33-18-5-10-23-41(33)45-42;1-6-19-35(44-36-20-7-2-15-30(36)31-16-3-8-21-37(31)44)29(14-1)27-12-11-13-28(26-27)43-38-22-9-4-18-34(38)41-39(43)25-24-33-32-17-5-10-23-40(32)45-42(33)41;1-6-19-36(44-39-22-9-4-17-32(39)34-26-42-35(25-40(34)44)33-18-5-10-23-41(33)45-42)29(14-1)27-12-11-13-28(24-27)43-37-20-7-2-15-30(37)31-16-3-8-21-38(31)43/h3*1-26H. The van der Waals surface area contributed by atoms with Crippen molar-refractivity contribution in [2.45, 2.75) is 0 Å². The Kier molecular flexibility index (Phi) is 17.6. The van der Waals surface area contributed by atoms with E-state index in [0.717, 1.165) is 17.1 Å². The fourth-order valence-corrected chi connectivity index (χ4v) is 25.7. The normalized spacial score (nSPS) is 12.0. The Hall–Kier alpha value is -16.9. The molecule has 30 rings (SSSR count). The molecule has 0 aliphatic carbocycles. The number of thiophene rings is 3. The number of hydrogen-bond acceptors (Lipinski definition) is 3. The Morgan fingerprint density at radius 3 is 0.763 bits per heavy atom. The molecule has 0 radical (unpaired) electrons. The van der Waals surface area contributed by atoms with E-state index in [4.69, 9.17) is 0 Å². The van der Waals surface area contributed by atoms with E-state index < -0.39 is 0 Å². The van der Waals surface area contributed by atoms with Gasteiger partial charge < -0.3 is 27.4 Å². The van der Waals surface area contributed by atoms with E-state index in [0.29, 0.717) is 0 Å². The number of hydrogen-bond donors (Lipinski definition) is 0. The Morgan fingerprint density at radius 1 is 0.133 bits per heavy atom. The number of fused-ring (bicyclic) bond motifs is 28. The van der Waals surface area contributed by atoms with Gasteiger partial charge in [-0.15, -0.1) is 34.0 Å². The Labute approximate surface area is 787 Å². The molecule has 0 aliphatic heterocycles. The van der Waals surface area contributed by atoms with Crippen LogP contribution in [0.1, 0.15) is 0 Å². The van der Waals surface area contributed by atoms with Crippen LogP contribution in [0.25, 0.3) is 259 Å². The van der Waals surface area contributed by atoms with Gasteiger partial charge >= 0.3 is 0 Å². The second kappa shape index (κ2) is 30.9. The zero-order valence-electron chi connectivity index (χ0n) is 72.9. The van der Waals surface area contributed by atoms with Crippen LogP contribution < -0.4 is 0 Å². The molecule has 0 unspecified atom stereocenters. The molecule has 0 atom stereocenters. The number of rotatable bonds is 9. The molecule has 9 aromatic heterocycles. The van der Waals surface area contributed by atoms with Crippen LogP contribution in [0, 0.1) is 0 Å². The lowest BCUT2D eigenvalue weighted by Gasteiger charge is -2.15. The summed E-state index contributed by atoms with van der Waals surface area (Å²) in [5, 5.41) is 23.4. The molecule has 0 saturated heterocycles. The summed E-state index contributed by atoms with van der Waals surface area (Å²) in [4.78, 5) is 0. The van der Waals surface area contributed by atoms with Crippen molar-refractivity contribution in [3.05, 3.63) is 473 Å². The zero-order chi connectivity index (χ0) is 88.5. The van der Waals surface area contributed by atoms with Crippen molar-refractivity contribution in [1.29, 1.82) is 0 Å². The van der Waals surface area contributed by atoms with Crippen LogP contribution >= 0.6 is 34.0 Å². The Bertz CT molecular complexity index is 9990. The molecule has 0 fully saturated rings. The van der Waals surface area contributed by atoms with Gasteiger partial charge in [0.05, 0.1) is 83.3 Å². The fourth-order valence-electron chi connectivity index (χ4n) is 22.2. The van der Waals surface area contributed by atoms with Gasteiger partial charge in [0, 0.05) is 159 Å². The third kappa shape index (κ3) is 12.0. The van der Waals surface area contributed by atoms with Gasteiger partial charge in [0.15, 0.2) is 0 Å². The molecular weight excluding hydrogens is 1690 g/mol. The zero-order valence-corrected chi connectivity index (χ0v) is 75.4. The van der Waals surface area contributed by atoms with Crippen molar-refractivity contribution in [2.24, 2.45) is 0 Å². The third-order valence-electron chi connectivity index (χ3n) is 27.9. The molecular formula is C126H78N6S3. The largest absolute Gasteiger partial charge is 0.309 e. The fraction of sp³-hybridized carbons (Fsp3) is 0. The lowest BCUT2D eigenvalue weighted by atomic mass is 10.0. The van der Waals surface area contributed by atoms with Gasteiger partial charge in [-0.1, -0.05) is 315 Å². The van der Waals surface area contributed by atoms with Crippen LogP contribution in [0.15, 0.2) is 473 Å². The highest BCUT2D eigenvalue weighted by Crippen LogP contribution is 2.49. The molecule has 21 aromatic carbocycles. The van der Waals surface area contributed by atoms with E-state index >= 15 is 0 Å². The quantitative estimate of drug-likeness (QED) is 0.138. The highest BCUT2D eigenvalue weighted by Gasteiger charge is 2.26. The van der Waals surface area contributed by atoms with Crippen molar-refractivity contribution in [1.82, 2.24) is 27.4 Å². The van der Waals surface area contributed by atoms with Crippen LogP contribution in [0.3, 0.4) is 0 Å². The van der Waals surface area contributed by atoms with Gasteiger partial charge in [-0.3, -0.25) is 0 Å². The second-order valence-corrected chi connectivity index (χ2v) is 38.5. The summed E-state index contributed by atoms with van der Waals surface area (Å²) in [7, 11) is 0. The van der Waals surface area contributed by atoms with Crippen molar-refractivity contribution < 1.29 is 0 Å². The van der Waals surface area contributed by atoms with E-state index in [1.807, 2.05) is 34.0 Å². The molecule has 30 aromatic rings. The van der Waals surface area contributed by atoms with Crippen molar-refractivity contribution in [3.8, 4) is 67.5 Å². The average Bonchev–Trinajstić information content (AvgIpc) is 1.24. The molecule has 0 aliphatic rings. The minimum absolute atomic E-state index is 1.16. The van der Waals surface area contributed by atoms with Crippen LogP contribution in [-0.4, -0.2) is 27.4 Å². The molecule has 0 N–H and O–H groups in total. The molecule has 0 bridgehead atoms. The topological polar surface area (TPSA) is 29.6 Å². The number of aromatic nitrogens is 6. The van der Waals surface area contributed by atoms with Crippen molar-refractivity contribution in [2.75, 3.05) is 0 Å². The summed E-state index contributed by atoms with van der Waals surface area (Å²) in [6, 6.07) is 173. The minimum atomic E-state index is 1.16. The maximum Gasteiger partial charge on any atom is 0.0555 e. The van der Waals surface area contributed by atoms with Crippen molar-refractivity contribution in [3.63, 3.8) is 0 Å². The van der Waals surface area contributed by atoms with Gasteiger partial charge in [0.2, 0.25) is 0 Å². The first-order valence-corrected chi connectivity index (χ1v) is 48.5. The van der Waals surface area contributed by atoms with E-state index in [2.05, 4.69) is 501 Å². The molecule has 9 heteroatoms. The molecule has 0 saturated carbocycles. The lowest BCUT2D eigenvalue weighted by Crippen LogP contribution is -1.98.